The first-order valence-electron chi connectivity index (χ1n) is 8.43. The zero-order valence-corrected chi connectivity index (χ0v) is 15.5. The van der Waals surface area contributed by atoms with Gasteiger partial charge in [0.05, 0.1) is 5.69 Å². The third-order valence-electron chi connectivity index (χ3n) is 4.02. The maximum Gasteiger partial charge on any atom is 0.251 e. The third-order valence-corrected chi connectivity index (χ3v) is 4.99. The number of thioether (sulfide) groups is 1. The van der Waals surface area contributed by atoms with Gasteiger partial charge < -0.3 is 15.4 Å². The van der Waals surface area contributed by atoms with E-state index < -0.39 is 0 Å². The lowest BCUT2D eigenvalue weighted by atomic mass is 10.1. The molecule has 1 aromatic carbocycles. The monoisotopic (exact) mass is 374 g/mol. The van der Waals surface area contributed by atoms with Gasteiger partial charge in [0.1, 0.15) is 19.0 Å². The molecule has 0 spiro atoms. The summed E-state index contributed by atoms with van der Waals surface area (Å²) in [6.45, 7) is 0.608. The van der Waals surface area contributed by atoms with E-state index >= 15 is 0 Å². The first-order chi connectivity index (χ1) is 12.7. The summed E-state index contributed by atoms with van der Waals surface area (Å²) >= 11 is 1.74. The number of carbonyl (C=O) groups excluding carboxylic acids is 2. The lowest BCUT2D eigenvalue weighted by molar-refractivity contribution is -0.122. The summed E-state index contributed by atoms with van der Waals surface area (Å²) in [6.07, 6.45) is 0.774. The SMILES string of the molecule is COCC(=O)Nc1c2c(nn1CC(=O)NCCc1ccccc1)CSC2. The second-order valence-electron chi connectivity index (χ2n) is 5.99. The summed E-state index contributed by atoms with van der Waals surface area (Å²) in [6, 6.07) is 10.00. The number of nitrogens with zero attached hydrogens (tertiary/aromatic N) is 2. The molecule has 1 aliphatic heterocycles. The Kier molecular flexibility index (Phi) is 6.30. The van der Waals surface area contributed by atoms with Gasteiger partial charge in [-0.2, -0.15) is 16.9 Å². The van der Waals surface area contributed by atoms with Crippen LogP contribution < -0.4 is 10.6 Å². The highest BCUT2D eigenvalue weighted by Gasteiger charge is 2.24. The Bertz CT molecular complexity index is 776. The van der Waals surface area contributed by atoms with Crippen molar-refractivity contribution in [3.05, 3.63) is 47.2 Å². The Morgan fingerprint density at radius 2 is 2.04 bits per heavy atom. The summed E-state index contributed by atoms with van der Waals surface area (Å²) in [4.78, 5) is 24.2. The zero-order chi connectivity index (χ0) is 18.4. The molecule has 2 aromatic rings. The van der Waals surface area contributed by atoms with Crippen LogP contribution in [0.15, 0.2) is 30.3 Å². The minimum absolute atomic E-state index is 0.0314. The topological polar surface area (TPSA) is 85.2 Å². The summed E-state index contributed by atoms with van der Waals surface area (Å²) in [5.74, 6) is 1.80. The van der Waals surface area contributed by atoms with Crippen LogP contribution in [-0.2, 0) is 38.8 Å². The summed E-state index contributed by atoms with van der Waals surface area (Å²) < 4.78 is 6.44. The van der Waals surface area contributed by atoms with E-state index in [1.54, 1.807) is 16.4 Å². The van der Waals surface area contributed by atoms with Gasteiger partial charge in [0, 0.05) is 30.7 Å². The fourth-order valence-corrected chi connectivity index (χ4v) is 3.84. The van der Waals surface area contributed by atoms with Crippen molar-refractivity contribution in [2.75, 3.05) is 25.6 Å². The Morgan fingerprint density at radius 3 is 2.81 bits per heavy atom. The second kappa shape index (κ2) is 8.86. The number of fused-ring (bicyclic) bond motifs is 1. The summed E-state index contributed by atoms with van der Waals surface area (Å²) in [5.41, 5.74) is 3.10. The van der Waals surface area contributed by atoms with Crippen molar-refractivity contribution in [2.45, 2.75) is 24.5 Å². The van der Waals surface area contributed by atoms with Crippen molar-refractivity contribution < 1.29 is 14.3 Å². The van der Waals surface area contributed by atoms with Crippen LogP contribution >= 0.6 is 11.8 Å². The molecule has 0 saturated carbocycles. The number of anilines is 1. The van der Waals surface area contributed by atoms with E-state index in [1.807, 2.05) is 30.3 Å². The highest BCUT2D eigenvalue weighted by Crippen LogP contribution is 2.34. The normalized spacial score (nSPS) is 12.7. The van der Waals surface area contributed by atoms with Gasteiger partial charge in [-0.1, -0.05) is 30.3 Å². The quantitative estimate of drug-likeness (QED) is 0.733. The average Bonchev–Trinajstić information content (AvgIpc) is 3.19. The molecule has 2 N–H and O–H groups in total. The van der Waals surface area contributed by atoms with Gasteiger partial charge >= 0.3 is 0 Å². The van der Waals surface area contributed by atoms with E-state index in [9.17, 15) is 9.59 Å². The van der Waals surface area contributed by atoms with Gasteiger partial charge in [0.2, 0.25) is 5.91 Å². The standard InChI is InChI=1S/C18H22N4O3S/c1-25-10-17(24)20-18-14-11-26-12-15(14)21-22(18)9-16(23)19-8-7-13-5-3-2-4-6-13/h2-6H,7-12H2,1H3,(H,19,23)(H,20,24). The predicted octanol–water partition coefficient (Wildman–Crippen LogP) is 1.57. The van der Waals surface area contributed by atoms with E-state index in [0.717, 1.165) is 29.2 Å². The minimum atomic E-state index is -0.252. The lowest BCUT2D eigenvalue weighted by Crippen LogP contribution is -2.31. The molecule has 0 unspecified atom stereocenters. The van der Waals surface area contributed by atoms with Gasteiger partial charge in [-0.15, -0.1) is 0 Å². The minimum Gasteiger partial charge on any atom is -0.375 e. The van der Waals surface area contributed by atoms with Crippen LogP contribution in [0.1, 0.15) is 16.8 Å². The first-order valence-corrected chi connectivity index (χ1v) is 9.58. The summed E-state index contributed by atoms with van der Waals surface area (Å²) in [7, 11) is 1.47. The number of aromatic nitrogens is 2. The van der Waals surface area contributed by atoms with Gasteiger partial charge in [0.25, 0.3) is 5.91 Å². The molecule has 0 radical (unpaired) electrons. The van der Waals surface area contributed by atoms with E-state index in [-0.39, 0.29) is 25.0 Å². The number of ether oxygens (including phenoxy) is 1. The van der Waals surface area contributed by atoms with Crippen LogP contribution in [0.25, 0.3) is 0 Å². The Balaban J connectivity index is 1.59. The smallest absolute Gasteiger partial charge is 0.251 e. The molecule has 138 valence electrons. The molecule has 2 amide bonds. The molecule has 0 saturated heterocycles. The van der Waals surface area contributed by atoms with Crippen LogP contribution in [0, 0.1) is 0 Å². The number of hydrogen-bond donors (Lipinski definition) is 2. The molecule has 26 heavy (non-hydrogen) atoms. The molecule has 2 heterocycles. The fourth-order valence-electron chi connectivity index (χ4n) is 2.80. The van der Waals surface area contributed by atoms with Crippen LogP contribution in [0.3, 0.4) is 0 Å². The zero-order valence-electron chi connectivity index (χ0n) is 14.7. The van der Waals surface area contributed by atoms with Crippen molar-refractivity contribution in [1.82, 2.24) is 15.1 Å². The van der Waals surface area contributed by atoms with Crippen molar-refractivity contribution in [1.29, 1.82) is 0 Å². The summed E-state index contributed by atoms with van der Waals surface area (Å²) in [5, 5.41) is 10.2. The number of rotatable bonds is 8. The Labute approximate surface area is 156 Å². The van der Waals surface area contributed by atoms with E-state index in [4.69, 9.17) is 4.74 Å². The maximum atomic E-state index is 12.3. The number of carbonyl (C=O) groups is 2. The van der Waals surface area contributed by atoms with E-state index in [2.05, 4.69) is 15.7 Å². The number of hydrogen-bond acceptors (Lipinski definition) is 5. The van der Waals surface area contributed by atoms with E-state index in [1.165, 1.54) is 12.7 Å². The Morgan fingerprint density at radius 1 is 1.23 bits per heavy atom. The van der Waals surface area contributed by atoms with Crippen molar-refractivity contribution >= 4 is 29.4 Å². The molecule has 0 fully saturated rings. The van der Waals surface area contributed by atoms with Gasteiger partial charge in [-0.25, -0.2) is 4.68 Å². The molecule has 0 bridgehead atoms. The van der Waals surface area contributed by atoms with Crippen LogP contribution in [0.5, 0.6) is 0 Å². The molecule has 7 nitrogen and oxygen atoms in total. The number of amides is 2. The lowest BCUT2D eigenvalue weighted by Gasteiger charge is -2.11. The maximum absolute atomic E-state index is 12.3. The molecular formula is C18H22N4O3S. The molecule has 0 atom stereocenters. The van der Waals surface area contributed by atoms with Crippen molar-refractivity contribution in [3.63, 3.8) is 0 Å². The predicted molar refractivity (Wildman–Crippen MR) is 101 cm³/mol. The molecule has 0 aliphatic carbocycles. The van der Waals surface area contributed by atoms with Crippen LogP contribution in [0.4, 0.5) is 5.82 Å². The largest absolute Gasteiger partial charge is 0.375 e. The van der Waals surface area contributed by atoms with Gasteiger partial charge in [0.15, 0.2) is 0 Å². The molecule has 3 rings (SSSR count). The van der Waals surface area contributed by atoms with Crippen LogP contribution in [-0.4, -0.2) is 41.9 Å². The third kappa shape index (κ3) is 4.64. The number of benzene rings is 1. The van der Waals surface area contributed by atoms with Crippen LogP contribution in [0.2, 0.25) is 0 Å². The van der Waals surface area contributed by atoms with Gasteiger partial charge in [-0.05, 0) is 12.0 Å². The second-order valence-corrected chi connectivity index (χ2v) is 6.98. The fraction of sp³-hybridized carbons (Fsp3) is 0.389. The van der Waals surface area contributed by atoms with Gasteiger partial charge in [-0.3, -0.25) is 9.59 Å². The number of nitrogens with one attached hydrogen (secondary N) is 2. The van der Waals surface area contributed by atoms with Crippen molar-refractivity contribution in [3.8, 4) is 0 Å². The van der Waals surface area contributed by atoms with Crippen molar-refractivity contribution in [2.24, 2.45) is 0 Å². The molecule has 8 heteroatoms. The Hall–Kier alpha value is -2.32. The highest BCUT2D eigenvalue weighted by atomic mass is 32.2. The molecule has 1 aromatic heterocycles. The molecule has 1 aliphatic rings. The average molecular weight is 374 g/mol. The van der Waals surface area contributed by atoms with E-state index in [0.29, 0.717) is 12.4 Å². The molecular weight excluding hydrogens is 352 g/mol. The first kappa shape index (κ1) is 18.5. The number of methoxy groups -OCH3 is 1. The highest BCUT2D eigenvalue weighted by molar-refractivity contribution is 7.98.